The number of alkyl halides is 3. The molecule has 0 aromatic carbocycles. The molecule has 0 spiro atoms. The molecule has 15 heavy (non-hydrogen) atoms. The second-order valence-corrected chi connectivity index (χ2v) is 2.74. The van der Waals surface area contributed by atoms with Gasteiger partial charge in [-0.1, -0.05) is 0 Å². The molecule has 4 nitrogen and oxygen atoms in total. The fourth-order valence-corrected chi connectivity index (χ4v) is 0.974. The van der Waals surface area contributed by atoms with Crippen molar-refractivity contribution in [2.24, 2.45) is 0 Å². The van der Waals surface area contributed by atoms with Crippen molar-refractivity contribution in [3.63, 3.8) is 0 Å². The first-order valence-corrected chi connectivity index (χ1v) is 4.35. The van der Waals surface area contributed by atoms with Crippen LogP contribution < -0.4 is 10.6 Å². The Hall–Kier alpha value is -1.53. The topological polar surface area (TPSA) is 49.8 Å². The molecule has 0 aliphatic heterocycles. The summed E-state index contributed by atoms with van der Waals surface area (Å²) in [5.74, 6) is -0.859. The highest BCUT2D eigenvalue weighted by atomic mass is 19.4. The molecule has 0 fully saturated rings. The van der Waals surface area contributed by atoms with E-state index in [1.54, 1.807) is 6.92 Å². The predicted molar refractivity (Wildman–Crippen MR) is 50.7 cm³/mol. The van der Waals surface area contributed by atoms with Crippen LogP contribution in [0.1, 0.15) is 12.7 Å². The average Bonchev–Trinajstić information content (AvgIpc) is 2.16. The molecule has 0 radical (unpaired) electrons. The lowest BCUT2D eigenvalue weighted by atomic mass is 10.4. The third-order valence-corrected chi connectivity index (χ3v) is 1.59. The van der Waals surface area contributed by atoms with Crippen molar-refractivity contribution < 1.29 is 13.2 Å². The number of nitrogens with zero attached hydrogens (tertiary/aromatic N) is 2. The Kier molecular flexibility index (Phi) is 3.33. The number of aromatic nitrogens is 2. The Labute approximate surface area is 84.9 Å². The zero-order chi connectivity index (χ0) is 11.5. The number of nitrogens with one attached hydrogen (secondary N) is 2. The van der Waals surface area contributed by atoms with Crippen LogP contribution in [0.15, 0.2) is 6.07 Å². The largest absolute Gasteiger partial charge is 0.451 e. The third kappa shape index (κ3) is 2.97. The van der Waals surface area contributed by atoms with Crippen molar-refractivity contribution in [2.45, 2.75) is 13.1 Å². The molecule has 7 heteroatoms. The third-order valence-electron chi connectivity index (χ3n) is 1.59. The van der Waals surface area contributed by atoms with Gasteiger partial charge in [-0.2, -0.15) is 13.2 Å². The van der Waals surface area contributed by atoms with Gasteiger partial charge in [-0.3, -0.25) is 0 Å². The smallest absolute Gasteiger partial charge is 0.373 e. The van der Waals surface area contributed by atoms with Gasteiger partial charge < -0.3 is 10.6 Å². The maximum Gasteiger partial charge on any atom is 0.451 e. The number of anilines is 2. The van der Waals surface area contributed by atoms with Crippen molar-refractivity contribution >= 4 is 11.6 Å². The first-order chi connectivity index (χ1) is 6.97. The van der Waals surface area contributed by atoms with Gasteiger partial charge in [-0.15, -0.1) is 0 Å². The Balaban J connectivity index is 3.11. The Morgan fingerprint density at radius 1 is 1.27 bits per heavy atom. The molecule has 0 aliphatic carbocycles. The molecule has 0 amide bonds. The highest BCUT2D eigenvalue weighted by molar-refractivity contribution is 5.47. The van der Waals surface area contributed by atoms with Gasteiger partial charge in [0.05, 0.1) is 0 Å². The zero-order valence-electron chi connectivity index (χ0n) is 8.31. The standard InChI is InChI=1S/C8H11F3N4/c1-3-13-6-4-5(12-2)14-7(15-6)8(9,10)11/h4H,3H2,1-2H3,(H2,12,13,14,15). The van der Waals surface area contributed by atoms with Crippen molar-refractivity contribution in [3.8, 4) is 0 Å². The fraction of sp³-hybridized carbons (Fsp3) is 0.500. The molecule has 0 bridgehead atoms. The maximum atomic E-state index is 12.3. The van der Waals surface area contributed by atoms with Crippen LogP contribution in [0, 0.1) is 0 Å². The number of rotatable bonds is 3. The van der Waals surface area contributed by atoms with E-state index in [2.05, 4.69) is 20.6 Å². The van der Waals surface area contributed by atoms with Gasteiger partial charge >= 0.3 is 6.18 Å². The van der Waals surface area contributed by atoms with Gasteiger partial charge in [-0.25, -0.2) is 9.97 Å². The van der Waals surface area contributed by atoms with Crippen molar-refractivity contribution in [1.29, 1.82) is 0 Å². The van der Waals surface area contributed by atoms with Crippen LogP contribution in [0.5, 0.6) is 0 Å². The minimum Gasteiger partial charge on any atom is -0.373 e. The summed E-state index contributed by atoms with van der Waals surface area (Å²) in [6.07, 6.45) is -4.53. The second kappa shape index (κ2) is 4.33. The molecule has 1 aromatic heterocycles. The summed E-state index contributed by atoms with van der Waals surface area (Å²) < 4.78 is 37.0. The van der Waals surface area contributed by atoms with E-state index in [0.29, 0.717) is 6.54 Å². The van der Waals surface area contributed by atoms with Crippen LogP contribution in [0.4, 0.5) is 24.8 Å². The maximum absolute atomic E-state index is 12.3. The summed E-state index contributed by atoms with van der Waals surface area (Å²) in [4.78, 5) is 6.67. The SMILES string of the molecule is CCNc1cc(NC)nc(C(F)(F)F)n1. The molecule has 0 saturated heterocycles. The Morgan fingerprint density at radius 3 is 2.33 bits per heavy atom. The van der Waals surface area contributed by atoms with Gasteiger partial charge in [0.25, 0.3) is 0 Å². The van der Waals surface area contributed by atoms with E-state index in [4.69, 9.17) is 0 Å². The van der Waals surface area contributed by atoms with E-state index in [9.17, 15) is 13.2 Å². The lowest BCUT2D eigenvalue weighted by molar-refractivity contribution is -0.144. The summed E-state index contributed by atoms with van der Waals surface area (Å²) >= 11 is 0. The van der Waals surface area contributed by atoms with E-state index < -0.39 is 12.0 Å². The molecular weight excluding hydrogens is 209 g/mol. The predicted octanol–water partition coefficient (Wildman–Crippen LogP) is 1.97. The number of hydrogen-bond donors (Lipinski definition) is 2. The van der Waals surface area contributed by atoms with E-state index >= 15 is 0 Å². The number of hydrogen-bond acceptors (Lipinski definition) is 4. The lowest BCUT2D eigenvalue weighted by Crippen LogP contribution is -2.14. The van der Waals surface area contributed by atoms with Gasteiger partial charge in [0.15, 0.2) is 0 Å². The van der Waals surface area contributed by atoms with Crippen LogP contribution in [0.3, 0.4) is 0 Å². The van der Waals surface area contributed by atoms with Gasteiger partial charge in [0, 0.05) is 19.7 Å². The van der Waals surface area contributed by atoms with Gasteiger partial charge in [0.2, 0.25) is 5.82 Å². The van der Waals surface area contributed by atoms with Gasteiger partial charge in [-0.05, 0) is 6.92 Å². The zero-order valence-corrected chi connectivity index (χ0v) is 8.31. The minimum absolute atomic E-state index is 0.133. The number of halogens is 3. The summed E-state index contributed by atoms with van der Waals surface area (Å²) in [6, 6.07) is 1.42. The van der Waals surface area contributed by atoms with E-state index in [1.807, 2.05) is 0 Å². The van der Waals surface area contributed by atoms with E-state index in [1.165, 1.54) is 13.1 Å². The molecule has 1 heterocycles. The van der Waals surface area contributed by atoms with Crippen molar-refractivity contribution in [2.75, 3.05) is 24.2 Å². The van der Waals surface area contributed by atoms with Crippen molar-refractivity contribution in [1.82, 2.24) is 9.97 Å². The minimum atomic E-state index is -4.53. The summed E-state index contributed by atoms with van der Waals surface area (Å²) in [6.45, 7) is 2.27. The first kappa shape index (κ1) is 11.5. The molecular formula is C8H11F3N4. The molecule has 1 aromatic rings. The van der Waals surface area contributed by atoms with Gasteiger partial charge in [0.1, 0.15) is 11.6 Å². The molecule has 0 saturated carbocycles. The van der Waals surface area contributed by atoms with E-state index in [-0.39, 0.29) is 11.6 Å². The molecule has 2 N–H and O–H groups in total. The summed E-state index contributed by atoms with van der Waals surface area (Å²) in [5.41, 5.74) is 0. The fourth-order valence-electron chi connectivity index (χ4n) is 0.974. The molecule has 84 valence electrons. The average molecular weight is 220 g/mol. The molecule has 0 aliphatic rings. The highest BCUT2D eigenvalue weighted by Crippen LogP contribution is 2.28. The quantitative estimate of drug-likeness (QED) is 0.817. The molecule has 0 atom stereocenters. The normalized spacial score (nSPS) is 11.3. The molecule has 0 unspecified atom stereocenters. The lowest BCUT2D eigenvalue weighted by Gasteiger charge is -2.10. The van der Waals surface area contributed by atoms with E-state index in [0.717, 1.165) is 0 Å². The second-order valence-electron chi connectivity index (χ2n) is 2.74. The summed E-state index contributed by atoms with van der Waals surface area (Å²) in [7, 11) is 1.50. The van der Waals surface area contributed by atoms with Crippen LogP contribution in [-0.4, -0.2) is 23.6 Å². The highest BCUT2D eigenvalue weighted by Gasteiger charge is 2.35. The van der Waals surface area contributed by atoms with Crippen LogP contribution >= 0.6 is 0 Å². The van der Waals surface area contributed by atoms with Crippen LogP contribution in [-0.2, 0) is 6.18 Å². The summed E-state index contributed by atoms with van der Waals surface area (Å²) in [5, 5.41) is 5.25. The van der Waals surface area contributed by atoms with Crippen molar-refractivity contribution in [3.05, 3.63) is 11.9 Å². The van der Waals surface area contributed by atoms with Crippen LogP contribution in [0.2, 0.25) is 0 Å². The van der Waals surface area contributed by atoms with Crippen LogP contribution in [0.25, 0.3) is 0 Å². The monoisotopic (exact) mass is 220 g/mol. The Morgan fingerprint density at radius 2 is 1.87 bits per heavy atom. The molecule has 1 rings (SSSR count). The Bertz CT molecular complexity index is 337. The first-order valence-electron chi connectivity index (χ1n) is 4.35.